The number of nitrogens with zero attached hydrogens (tertiary/aromatic N) is 2. The van der Waals surface area contributed by atoms with E-state index in [9.17, 15) is 0 Å². The molecule has 0 amide bonds. The Morgan fingerprint density at radius 2 is 2.08 bits per heavy atom. The van der Waals surface area contributed by atoms with Gasteiger partial charge in [-0.15, -0.1) is 0 Å². The summed E-state index contributed by atoms with van der Waals surface area (Å²) < 4.78 is 12.3. The summed E-state index contributed by atoms with van der Waals surface area (Å²) in [5.41, 5.74) is 4.81. The molecule has 1 aromatic heterocycles. The van der Waals surface area contributed by atoms with E-state index in [1.807, 2.05) is 42.5 Å². The van der Waals surface area contributed by atoms with Crippen LogP contribution in [0, 0.1) is 0 Å². The Bertz CT molecular complexity index is 812. The van der Waals surface area contributed by atoms with Crippen LogP contribution in [0.2, 0.25) is 0 Å². The van der Waals surface area contributed by atoms with Crippen molar-refractivity contribution in [3.63, 3.8) is 0 Å². The monoisotopic (exact) mass is 341 g/mol. The SMILES string of the molecule is CCCOc1c(/C=N\Nc2nc3ccccc3s2)cccc1OC. The minimum Gasteiger partial charge on any atom is -0.493 e. The van der Waals surface area contributed by atoms with Crippen LogP contribution in [0.3, 0.4) is 0 Å². The van der Waals surface area contributed by atoms with Gasteiger partial charge in [0.1, 0.15) is 0 Å². The minimum absolute atomic E-state index is 0.631. The van der Waals surface area contributed by atoms with Gasteiger partial charge in [-0.05, 0) is 30.7 Å². The van der Waals surface area contributed by atoms with Crippen LogP contribution in [0.5, 0.6) is 11.5 Å². The molecular weight excluding hydrogens is 322 g/mol. The first-order valence-corrected chi connectivity index (χ1v) is 8.58. The summed E-state index contributed by atoms with van der Waals surface area (Å²) in [6.07, 6.45) is 2.65. The average molecular weight is 341 g/mol. The average Bonchev–Trinajstić information content (AvgIpc) is 3.03. The molecule has 1 heterocycles. The van der Waals surface area contributed by atoms with Crippen molar-refractivity contribution in [2.45, 2.75) is 13.3 Å². The second-order valence-corrected chi connectivity index (χ2v) is 6.11. The first-order chi connectivity index (χ1) is 11.8. The number of aromatic nitrogens is 1. The van der Waals surface area contributed by atoms with Gasteiger partial charge in [-0.2, -0.15) is 5.10 Å². The van der Waals surface area contributed by atoms with E-state index in [0.29, 0.717) is 18.1 Å². The van der Waals surface area contributed by atoms with Gasteiger partial charge in [-0.25, -0.2) is 4.98 Å². The Balaban J connectivity index is 1.78. The molecule has 0 atom stereocenters. The fourth-order valence-electron chi connectivity index (χ4n) is 2.23. The number of fused-ring (bicyclic) bond motifs is 1. The lowest BCUT2D eigenvalue weighted by atomic mass is 10.2. The summed E-state index contributed by atoms with van der Waals surface area (Å²) in [7, 11) is 1.63. The Morgan fingerprint density at radius 1 is 1.21 bits per heavy atom. The number of rotatable bonds is 7. The maximum absolute atomic E-state index is 5.80. The van der Waals surface area contributed by atoms with Gasteiger partial charge in [0.05, 0.1) is 30.1 Å². The summed E-state index contributed by atoms with van der Waals surface area (Å²) in [5, 5.41) is 5.04. The highest BCUT2D eigenvalue weighted by Crippen LogP contribution is 2.30. The van der Waals surface area contributed by atoms with Gasteiger partial charge in [0.2, 0.25) is 5.13 Å². The number of hydrazone groups is 1. The molecule has 0 aliphatic rings. The molecule has 0 aliphatic heterocycles. The number of hydrogen-bond acceptors (Lipinski definition) is 6. The highest BCUT2D eigenvalue weighted by atomic mass is 32.1. The maximum atomic E-state index is 5.80. The predicted octanol–water partition coefficient (Wildman–Crippen LogP) is 4.54. The Morgan fingerprint density at radius 3 is 2.88 bits per heavy atom. The Hall–Kier alpha value is -2.60. The molecule has 0 spiro atoms. The summed E-state index contributed by atoms with van der Waals surface area (Å²) in [6.45, 7) is 2.70. The van der Waals surface area contributed by atoms with Gasteiger partial charge in [0.25, 0.3) is 0 Å². The van der Waals surface area contributed by atoms with Gasteiger partial charge in [-0.3, -0.25) is 5.43 Å². The normalized spacial score (nSPS) is 11.1. The van der Waals surface area contributed by atoms with Crippen LogP contribution in [-0.2, 0) is 0 Å². The maximum Gasteiger partial charge on any atom is 0.204 e. The lowest BCUT2D eigenvalue weighted by Gasteiger charge is -2.12. The molecule has 5 nitrogen and oxygen atoms in total. The van der Waals surface area contributed by atoms with Crippen molar-refractivity contribution < 1.29 is 9.47 Å². The fourth-order valence-corrected chi connectivity index (χ4v) is 3.05. The number of para-hydroxylation sites is 2. The fraction of sp³-hybridized carbons (Fsp3) is 0.222. The molecule has 0 fully saturated rings. The summed E-state index contributed by atoms with van der Waals surface area (Å²) in [4.78, 5) is 4.49. The van der Waals surface area contributed by atoms with Crippen molar-refractivity contribution in [2.24, 2.45) is 5.10 Å². The van der Waals surface area contributed by atoms with Crippen LogP contribution >= 0.6 is 11.3 Å². The molecule has 3 rings (SSSR count). The van der Waals surface area contributed by atoms with E-state index in [-0.39, 0.29) is 0 Å². The summed E-state index contributed by atoms with van der Waals surface area (Å²) >= 11 is 1.57. The third-order valence-electron chi connectivity index (χ3n) is 3.34. The molecule has 0 bridgehead atoms. The number of ether oxygens (including phenoxy) is 2. The van der Waals surface area contributed by atoms with Crippen LogP contribution < -0.4 is 14.9 Å². The van der Waals surface area contributed by atoms with Crippen LogP contribution in [0.1, 0.15) is 18.9 Å². The molecule has 124 valence electrons. The van der Waals surface area contributed by atoms with Crippen molar-refractivity contribution >= 4 is 32.9 Å². The number of hydrogen-bond donors (Lipinski definition) is 1. The van der Waals surface area contributed by atoms with E-state index in [4.69, 9.17) is 9.47 Å². The van der Waals surface area contributed by atoms with Gasteiger partial charge >= 0.3 is 0 Å². The number of anilines is 1. The lowest BCUT2D eigenvalue weighted by molar-refractivity contribution is 0.294. The molecule has 0 radical (unpaired) electrons. The zero-order valence-electron chi connectivity index (χ0n) is 13.7. The highest BCUT2D eigenvalue weighted by Gasteiger charge is 2.09. The van der Waals surface area contributed by atoms with Crippen molar-refractivity contribution in [2.75, 3.05) is 19.1 Å². The van der Waals surface area contributed by atoms with Gasteiger partial charge in [0.15, 0.2) is 11.5 Å². The topological polar surface area (TPSA) is 55.7 Å². The molecular formula is C18H19N3O2S. The molecule has 24 heavy (non-hydrogen) atoms. The number of thiazole rings is 1. The van der Waals surface area contributed by atoms with E-state index >= 15 is 0 Å². The first kappa shape index (κ1) is 16.3. The van der Waals surface area contributed by atoms with Gasteiger partial charge in [-0.1, -0.05) is 36.5 Å². The van der Waals surface area contributed by atoms with E-state index in [1.165, 1.54) is 0 Å². The molecule has 6 heteroatoms. The molecule has 1 N–H and O–H groups in total. The summed E-state index contributed by atoms with van der Waals surface area (Å²) in [5.74, 6) is 1.41. The van der Waals surface area contributed by atoms with E-state index < -0.39 is 0 Å². The third kappa shape index (κ3) is 3.65. The van der Waals surface area contributed by atoms with Crippen LogP contribution in [-0.4, -0.2) is 24.9 Å². The van der Waals surface area contributed by atoms with Crippen LogP contribution in [0.4, 0.5) is 5.13 Å². The van der Waals surface area contributed by atoms with Crippen LogP contribution in [0.15, 0.2) is 47.6 Å². The largest absolute Gasteiger partial charge is 0.493 e. The van der Waals surface area contributed by atoms with E-state index in [2.05, 4.69) is 22.4 Å². The first-order valence-electron chi connectivity index (χ1n) is 7.76. The number of methoxy groups -OCH3 is 1. The predicted molar refractivity (Wildman–Crippen MR) is 99.6 cm³/mol. The molecule has 0 saturated heterocycles. The standard InChI is InChI=1S/C18H19N3O2S/c1-3-11-23-17-13(7-6-9-15(17)22-2)12-19-21-18-20-14-8-4-5-10-16(14)24-18/h4-10,12H,3,11H2,1-2H3,(H,20,21)/b19-12-. The molecule has 0 saturated carbocycles. The Kier molecular flexibility index (Phi) is 5.28. The van der Waals surface area contributed by atoms with Crippen LogP contribution in [0.25, 0.3) is 10.2 Å². The zero-order valence-corrected chi connectivity index (χ0v) is 14.5. The number of benzene rings is 2. The van der Waals surface area contributed by atoms with Crippen molar-refractivity contribution in [3.8, 4) is 11.5 Å². The molecule has 2 aromatic carbocycles. The zero-order chi connectivity index (χ0) is 16.8. The van der Waals surface area contributed by atoms with E-state index in [0.717, 1.165) is 27.3 Å². The second-order valence-electron chi connectivity index (χ2n) is 5.08. The van der Waals surface area contributed by atoms with Gasteiger partial charge < -0.3 is 9.47 Å². The molecule has 0 unspecified atom stereocenters. The second kappa shape index (κ2) is 7.79. The summed E-state index contributed by atoms with van der Waals surface area (Å²) in [6, 6.07) is 13.7. The van der Waals surface area contributed by atoms with Crippen molar-refractivity contribution in [1.82, 2.24) is 4.98 Å². The Labute approximate surface area is 144 Å². The third-order valence-corrected chi connectivity index (χ3v) is 4.28. The van der Waals surface area contributed by atoms with Crippen molar-refractivity contribution in [1.29, 1.82) is 0 Å². The van der Waals surface area contributed by atoms with E-state index in [1.54, 1.807) is 24.7 Å². The molecule has 0 aliphatic carbocycles. The minimum atomic E-state index is 0.631. The molecule has 3 aromatic rings. The smallest absolute Gasteiger partial charge is 0.204 e. The van der Waals surface area contributed by atoms with Gasteiger partial charge in [0, 0.05) is 5.56 Å². The quantitative estimate of drug-likeness (QED) is 0.506. The van der Waals surface area contributed by atoms with Crippen molar-refractivity contribution in [3.05, 3.63) is 48.0 Å². The number of nitrogens with one attached hydrogen (secondary N) is 1. The lowest BCUT2D eigenvalue weighted by Crippen LogP contribution is -2.01. The highest BCUT2D eigenvalue weighted by molar-refractivity contribution is 7.22.